The number of carbonyl (C=O) groups excluding carboxylic acids is 1. The molecule has 3 rings (SSSR count). The smallest absolute Gasteiger partial charge is 0.252 e. The minimum absolute atomic E-state index is 0.213. The van der Waals surface area contributed by atoms with Gasteiger partial charge in [-0.1, -0.05) is 28.9 Å². The van der Waals surface area contributed by atoms with Crippen molar-refractivity contribution >= 4 is 5.91 Å². The van der Waals surface area contributed by atoms with E-state index in [-0.39, 0.29) is 11.9 Å². The first-order valence-corrected chi connectivity index (χ1v) is 7.25. The van der Waals surface area contributed by atoms with Crippen LogP contribution in [-0.4, -0.2) is 21.0 Å². The van der Waals surface area contributed by atoms with Gasteiger partial charge in [0.05, 0.1) is 0 Å². The molecule has 3 aromatic rings. The molecule has 1 aromatic carbocycles. The largest absolute Gasteiger partial charge is 0.341 e. The second kappa shape index (κ2) is 6.39. The zero-order valence-corrected chi connectivity index (χ0v) is 12.9. The summed E-state index contributed by atoms with van der Waals surface area (Å²) in [5.74, 6) is 0.660. The van der Waals surface area contributed by atoms with Crippen LogP contribution >= 0.6 is 0 Å². The summed E-state index contributed by atoms with van der Waals surface area (Å²) in [6.45, 7) is 3.80. The zero-order valence-electron chi connectivity index (χ0n) is 12.9. The highest BCUT2D eigenvalue weighted by Crippen LogP contribution is 2.19. The van der Waals surface area contributed by atoms with E-state index in [0.717, 1.165) is 11.1 Å². The molecule has 0 aliphatic heterocycles. The Morgan fingerprint density at radius 1 is 1.22 bits per heavy atom. The molecule has 0 fully saturated rings. The lowest BCUT2D eigenvalue weighted by atomic mass is 10.1. The molecule has 23 heavy (non-hydrogen) atoms. The summed E-state index contributed by atoms with van der Waals surface area (Å²) in [6.07, 6.45) is 3.14. The quantitative estimate of drug-likeness (QED) is 0.801. The van der Waals surface area contributed by atoms with Crippen LogP contribution in [0.1, 0.15) is 34.8 Å². The Kier molecular flexibility index (Phi) is 4.14. The predicted octanol–water partition coefficient (Wildman–Crippen LogP) is 2.93. The van der Waals surface area contributed by atoms with Gasteiger partial charge in [0.15, 0.2) is 0 Å². The SMILES string of the molecule is Cc1cccc(-c2noc([C@H](C)NC(=O)c3ccncc3)n2)c1. The molecule has 1 N–H and O–H groups in total. The number of nitrogens with zero attached hydrogens (tertiary/aromatic N) is 3. The predicted molar refractivity (Wildman–Crippen MR) is 84.6 cm³/mol. The van der Waals surface area contributed by atoms with Gasteiger partial charge in [0.1, 0.15) is 6.04 Å². The van der Waals surface area contributed by atoms with Gasteiger partial charge in [-0.3, -0.25) is 9.78 Å². The van der Waals surface area contributed by atoms with E-state index in [2.05, 4.69) is 20.4 Å². The summed E-state index contributed by atoms with van der Waals surface area (Å²) in [6, 6.07) is 10.7. The minimum Gasteiger partial charge on any atom is -0.341 e. The lowest BCUT2D eigenvalue weighted by Gasteiger charge is -2.09. The van der Waals surface area contributed by atoms with Gasteiger partial charge < -0.3 is 9.84 Å². The van der Waals surface area contributed by atoms with Crippen molar-refractivity contribution in [3.05, 3.63) is 65.8 Å². The number of rotatable bonds is 4. The summed E-state index contributed by atoms with van der Waals surface area (Å²) in [5.41, 5.74) is 2.53. The summed E-state index contributed by atoms with van der Waals surface area (Å²) in [5, 5.41) is 6.81. The highest BCUT2D eigenvalue weighted by atomic mass is 16.5. The van der Waals surface area contributed by atoms with E-state index in [1.54, 1.807) is 31.5 Å². The van der Waals surface area contributed by atoms with Crippen molar-refractivity contribution in [2.24, 2.45) is 0 Å². The molecule has 0 saturated heterocycles. The summed E-state index contributed by atoms with van der Waals surface area (Å²) < 4.78 is 5.27. The Bertz CT molecular complexity index is 814. The number of pyridine rings is 1. The molecule has 6 nitrogen and oxygen atoms in total. The van der Waals surface area contributed by atoms with Crippen molar-refractivity contribution in [1.29, 1.82) is 0 Å². The van der Waals surface area contributed by atoms with Crippen molar-refractivity contribution in [3.63, 3.8) is 0 Å². The van der Waals surface area contributed by atoms with E-state index in [1.807, 2.05) is 31.2 Å². The van der Waals surface area contributed by atoms with Crippen LogP contribution in [0, 0.1) is 6.92 Å². The number of aromatic nitrogens is 3. The molecule has 0 radical (unpaired) electrons. The van der Waals surface area contributed by atoms with E-state index in [9.17, 15) is 4.79 Å². The molecule has 1 atom stereocenters. The third kappa shape index (κ3) is 3.42. The van der Waals surface area contributed by atoms with Crippen molar-refractivity contribution in [3.8, 4) is 11.4 Å². The van der Waals surface area contributed by atoms with Gasteiger partial charge in [-0.2, -0.15) is 4.98 Å². The Morgan fingerprint density at radius 3 is 2.74 bits per heavy atom. The standard InChI is InChI=1S/C17H16N4O2/c1-11-4-3-5-14(10-11)15-20-17(23-21-15)12(2)19-16(22)13-6-8-18-9-7-13/h3-10,12H,1-2H3,(H,19,22)/t12-/m0/s1. The molecule has 0 unspecified atom stereocenters. The Morgan fingerprint density at radius 2 is 2.00 bits per heavy atom. The van der Waals surface area contributed by atoms with Crippen molar-refractivity contribution in [2.45, 2.75) is 19.9 Å². The third-order valence-electron chi connectivity index (χ3n) is 3.38. The fourth-order valence-corrected chi connectivity index (χ4v) is 2.16. The molecule has 0 aliphatic carbocycles. The first kappa shape index (κ1) is 14.9. The molecule has 0 saturated carbocycles. The number of nitrogens with one attached hydrogen (secondary N) is 1. The fourth-order valence-electron chi connectivity index (χ4n) is 2.16. The van der Waals surface area contributed by atoms with Gasteiger partial charge in [-0.15, -0.1) is 0 Å². The zero-order chi connectivity index (χ0) is 16.2. The van der Waals surface area contributed by atoms with Crippen LogP contribution in [0.5, 0.6) is 0 Å². The molecule has 6 heteroatoms. The summed E-state index contributed by atoms with van der Waals surface area (Å²) >= 11 is 0. The minimum atomic E-state index is -0.387. The first-order chi connectivity index (χ1) is 11.1. The van der Waals surface area contributed by atoms with Crippen LogP contribution < -0.4 is 5.32 Å². The molecule has 0 bridgehead atoms. The Hall–Kier alpha value is -3.02. The second-order valence-corrected chi connectivity index (χ2v) is 5.26. The van der Waals surface area contributed by atoms with Crippen molar-refractivity contribution in [1.82, 2.24) is 20.4 Å². The average Bonchev–Trinajstić information content (AvgIpc) is 3.06. The maximum atomic E-state index is 12.1. The molecular weight excluding hydrogens is 292 g/mol. The maximum absolute atomic E-state index is 12.1. The van der Waals surface area contributed by atoms with Crippen LogP contribution in [0.25, 0.3) is 11.4 Å². The van der Waals surface area contributed by atoms with Gasteiger partial charge in [-0.25, -0.2) is 0 Å². The van der Waals surface area contributed by atoms with E-state index in [0.29, 0.717) is 17.3 Å². The van der Waals surface area contributed by atoms with Gasteiger partial charge in [-0.05, 0) is 32.0 Å². The number of aryl methyl sites for hydroxylation is 1. The molecule has 1 amide bonds. The van der Waals surface area contributed by atoms with E-state index < -0.39 is 0 Å². The number of amides is 1. The molecule has 2 heterocycles. The summed E-state index contributed by atoms with van der Waals surface area (Å²) in [7, 11) is 0. The summed E-state index contributed by atoms with van der Waals surface area (Å²) in [4.78, 5) is 20.4. The van der Waals surface area contributed by atoms with Crippen molar-refractivity contribution in [2.75, 3.05) is 0 Å². The monoisotopic (exact) mass is 308 g/mol. The normalized spacial score (nSPS) is 11.9. The van der Waals surface area contributed by atoms with E-state index in [1.165, 1.54) is 0 Å². The molecular formula is C17H16N4O2. The van der Waals surface area contributed by atoms with Gasteiger partial charge in [0, 0.05) is 23.5 Å². The van der Waals surface area contributed by atoms with E-state index >= 15 is 0 Å². The number of benzene rings is 1. The van der Waals surface area contributed by atoms with Crippen LogP contribution in [-0.2, 0) is 0 Å². The van der Waals surface area contributed by atoms with E-state index in [4.69, 9.17) is 4.52 Å². The molecule has 0 spiro atoms. The second-order valence-electron chi connectivity index (χ2n) is 5.26. The first-order valence-electron chi connectivity index (χ1n) is 7.25. The highest BCUT2D eigenvalue weighted by molar-refractivity contribution is 5.94. The van der Waals surface area contributed by atoms with Crippen LogP contribution in [0.4, 0.5) is 0 Å². The van der Waals surface area contributed by atoms with Gasteiger partial charge in [0.25, 0.3) is 5.91 Å². The molecule has 116 valence electrons. The third-order valence-corrected chi connectivity index (χ3v) is 3.38. The Labute approximate surface area is 133 Å². The number of hydrogen-bond donors (Lipinski definition) is 1. The fraction of sp³-hybridized carbons (Fsp3) is 0.176. The Balaban J connectivity index is 1.74. The molecule has 2 aromatic heterocycles. The lowest BCUT2D eigenvalue weighted by Crippen LogP contribution is -2.26. The maximum Gasteiger partial charge on any atom is 0.252 e. The van der Waals surface area contributed by atoms with Gasteiger partial charge in [0.2, 0.25) is 11.7 Å². The molecule has 0 aliphatic rings. The van der Waals surface area contributed by atoms with Crippen LogP contribution in [0.15, 0.2) is 53.3 Å². The average molecular weight is 308 g/mol. The topological polar surface area (TPSA) is 80.9 Å². The van der Waals surface area contributed by atoms with Crippen LogP contribution in [0.2, 0.25) is 0 Å². The van der Waals surface area contributed by atoms with Gasteiger partial charge >= 0.3 is 0 Å². The highest BCUT2D eigenvalue weighted by Gasteiger charge is 2.18. The van der Waals surface area contributed by atoms with Crippen molar-refractivity contribution < 1.29 is 9.32 Å². The number of hydrogen-bond acceptors (Lipinski definition) is 5. The lowest BCUT2D eigenvalue weighted by molar-refractivity contribution is 0.0932. The van der Waals surface area contributed by atoms with Crippen LogP contribution in [0.3, 0.4) is 0 Å². The number of carbonyl (C=O) groups is 1.